The molecule has 3 rings (SSSR count). The first-order valence-electron chi connectivity index (χ1n) is 6.71. The molecule has 0 N–H and O–H groups in total. The summed E-state index contributed by atoms with van der Waals surface area (Å²) >= 11 is 0. The SMILES string of the molecule is COc1nc2cc(C(C)=O)ccc2c2c1CCCC2. The summed E-state index contributed by atoms with van der Waals surface area (Å²) in [6, 6.07) is 5.80. The van der Waals surface area contributed by atoms with Crippen molar-refractivity contribution in [2.24, 2.45) is 0 Å². The fourth-order valence-corrected chi connectivity index (χ4v) is 2.88. The predicted octanol–water partition coefficient (Wildman–Crippen LogP) is 3.32. The monoisotopic (exact) mass is 255 g/mol. The molecule has 98 valence electrons. The van der Waals surface area contributed by atoms with Gasteiger partial charge in [-0.15, -0.1) is 0 Å². The molecule has 0 amide bonds. The van der Waals surface area contributed by atoms with Gasteiger partial charge in [0.25, 0.3) is 0 Å². The number of rotatable bonds is 2. The predicted molar refractivity (Wildman–Crippen MR) is 74.9 cm³/mol. The Morgan fingerprint density at radius 2 is 1.95 bits per heavy atom. The summed E-state index contributed by atoms with van der Waals surface area (Å²) in [6.07, 6.45) is 4.52. The Labute approximate surface area is 112 Å². The maximum Gasteiger partial charge on any atom is 0.217 e. The normalized spacial score (nSPS) is 14.2. The smallest absolute Gasteiger partial charge is 0.217 e. The molecule has 19 heavy (non-hydrogen) atoms. The van der Waals surface area contributed by atoms with Crippen LogP contribution < -0.4 is 4.74 Å². The molecule has 0 saturated carbocycles. The summed E-state index contributed by atoms with van der Waals surface area (Å²) in [5, 5.41) is 1.17. The molecule has 1 aliphatic rings. The third-order valence-corrected chi connectivity index (χ3v) is 3.87. The van der Waals surface area contributed by atoms with Gasteiger partial charge >= 0.3 is 0 Å². The Kier molecular flexibility index (Phi) is 2.97. The minimum Gasteiger partial charge on any atom is -0.481 e. The lowest BCUT2D eigenvalue weighted by Gasteiger charge is -2.20. The second-order valence-electron chi connectivity index (χ2n) is 5.07. The van der Waals surface area contributed by atoms with Gasteiger partial charge < -0.3 is 4.74 Å². The lowest BCUT2D eigenvalue weighted by Crippen LogP contribution is -2.08. The molecule has 0 atom stereocenters. The molecule has 1 aliphatic carbocycles. The van der Waals surface area contributed by atoms with E-state index in [1.807, 2.05) is 18.2 Å². The topological polar surface area (TPSA) is 39.2 Å². The van der Waals surface area contributed by atoms with E-state index >= 15 is 0 Å². The van der Waals surface area contributed by atoms with E-state index in [0.29, 0.717) is 5.56 Å². The Hall–Kier alpha value is -1.90. The summed E-state index contributed by atoms with van der Waals surface area (Å²) < 4.78 is 5.43. The first-order chi connectivity index (χ1) is 9.20. The van der Waals surface area contributed by atoms with Gasteiger partial charge in [0.05, 0.1) is 12.6 Å². The third-order valence-electron chi connectivity index (χ3n) is 3.87. The molecule has 0 fully saturated rings. The Bertz CT molecular complexity index is 661. The van der Waals surface area contributed by atoms with Gasteiger partial charge in [-0.1, -0.05) is 12.1 Å². The van der Waals surface area contributed by atoms with E-state index in [1.165, 1.54) is 29.4 Å². The van der Waals surface area contributed by atoms with Crippen molar-refractivity contribution < 1.29 is 9.53 Å². The van der Waals surface area contributed by atoms with Crippen LogP contribution in [0, 0.1) is 0 Å². The maximum absolute atomic E-state index is 11.5. The molecule has 0 unspecified atom stereocenters. The number of nitrogens with zero attached hydrogens (tertiary/aromatic N) is 1. The van der Waals surface area contributed by atoms with Crippen LogP contribution in [0.5, 0.6) is 5.88 Å². The van der Waals surface area contributed by atoms with E-state index in [9.17, 15) is 4.79 Å². The summed E-state index contributed by atoms with van der Waals surface area (Å²) in [5.41, 5.74) is 4.17. The van der Waals surface area contributed by atoms with E-state index < -0.39 is 0 Å². The summed E-state index contributed by atoms with van der Waals surface area (Å²) in [7, 11) is 1.66. The molecular weight excluding hydrogens is 238 g/mol. The quantitative estimate of drug-likeness (QED) is 0.773. The molecule has 3 nitrogen and oxygen atoms in total. The number of aryl methyl sites for hydroxylation is 1. The molecule has 0 aliphatic heterocycles. The molecule has 1 aromatic heterocycles. The van der Waals surface area contributed by atoms with Crippen LogP contribution in [0.15, 0.2) is 18.2 Å². The zero-order valence-electron chi connectivity index (χ0n) is 11.3. The van der Waals surface area contributed by atoms with Crippen molar-refractivity contribution in [2.45, 2.75) is 32.6 Å². The third kappa shape index (κ3) is 1.99. The maximum atomic E-state index is 11.5. The number of ketones is 1. The van der Waals surface area contributed by atoms with Gasteiger partial charge in [-0.25, -0.2) is 4.98 Å². The zero-order valence-corrected chi connectivity index (χ0v) is 11.3. The number of benzene rings is 1. The summed E-state index contributed by atoms with van der Waals surface area (Å²) in [6.45, 7) is 1.58. The molecule has 0 radical (unpaired) electrons. The fraction of sp³-hybridized carbons (Fsp3) is 0.375. The van der Waals surface area contributed by atoms with E-state index in [4.69, 9.17) is 4.74 Å². The minimum absolute atomic E-state index is 0.0698. The number of hydrogen-bond donors (Lipinski definition) is 0. The van der Waals surface area contributed by atoms with Crippen molar-refractivity contribution in [1.82, 2.24) is 4.98 Å². The number of Topliss-reactive ketones (excluding diaryl/α,β-unsaturated/α-hetero) is 1. The molecular formula is C16H17NO2. The molecule has 3 heteroatoms. The zero-order chi connectivity index (χ0) is 13.4. The average molecular weight is 255 g/mol. The summed E-state index contributed by atoms with van der Waals surface area (Å²) in [4.78, 5) is 16.0. The van der Waals surface area contributed by atoms with Gasteiger partial charge in [-0.3, -0.25) is 4.79 Å². The van der Waals surface area contributed by atoms with E-state index in [0.717, 1.165) is 24.2 Å². The highest BCUT2D eigenvalue weighted by Gasteiger charge is 2.19. The van der Waals surface area contributed by atoms with Crippen LogP contribution in [0.4, 0.5) is 0 Å². The van der Waals surface area contributed by atoms with Gasteiger partial charge in [0.1, 0.15) is 0 Å². The Morgan fingerprint density at radius 1 is 1.21 bits per heavy atom. The van der Waals surface area contributed by atoms with Crippen LogP contribution in [0.1, 0.15) is 41.3 Å². The van der Waals surface area contributed by atoms with Crippen LogP contribution >= 0.6 is 0 Å². The van der Waals surface area contributed by atoms with Crippen LogP contribution in [0.25, 0.3) is 10.9 Å². The molecule has 1 aromatic carbocycles. The van der Waals surface area contributed by atoms with Gasteiger partial charge in [-0.2, -0.15) is 0 Å². The van der Waals surface area contributed by atoms with E-state index in [-0.39, 0.29) is 5.78 Å². The molecule has 1 heterocycles. The van der Waals surface area contributed by atoms with Crippen LogP contribution in [-0.2, 0) is 12.8 Å². The van der Waals surface area contributed by atoms with Gasteiger partial charge in [0.15, 0.2) is 5.78 Å². The summed E-state index contributed by atoms with van der Waals surface area (Å²) in [5.74, 6) is 0.795. The van der Waals surface area contributed by atoms with Crippen molar-refractivity contribution in [3.63, 3.8) is 0 Å². The standard InChI is InChI=1S/C16H17NO2/c1-10(18)11-7-8-13-12-5-3-4-6-14(12)16(19-2)17-15(13)9-11/h7-9H,3-6H2,1-2H3. The van der Waals surface area contributed by atoms with Crippen LogP contribution in [0.2, 0.25) is 0 Å². The molecule has 0 saturated heterocycles. The lowest BCUT2D eigenvalue weighted by molar-refractivity contribution is 0.101. The first-order valence-corrected chi connectivity index (χ1v) is 6.71. The van der Waals surface area contributed by atoms with Crippen LogP contribution in [0.3, 0.4) is 0 Å². The second kappa shape index (κ2) is 4.65. The largest absolute Gasteiger partial charge is 0.481 e. The Balaban J connectivity index is 2.29. The highest BCUT2D eigenvalue weighted by atomic mass is 16.5. The van der Waals surface area contributed by atoms with Gasteiger partial charge in [-0.05, 0) is 44.2 Å². The van der Waals surface area contributed by atoms with Crippen molar-refractivity contribution in [2.75, 3.05) is 7.11 Å². The molecule has 2 aromatic rings. The molecule has 0 bridgehead atoms. The number of pyridine rings is 1. The van der Waals surface area contributed by atoms with Crippen molar-refractivity contribution >= 4 is 16.7 Å². The van der Waals surface area contributed by atoms with Crippen molar-refractivity contribution in [3.05, 3.63) is 34.9 Å². The van der Waals surface area contributed by atoms with Crippen molar-refractivity contribution in [1.29, 1.82) is 0 Å². The average Bonchev–Trinajstić information content (AvgIpc) is 2.45. The Morgan fingerprint density at radius 3 is 2.63 bits per heavy atom. The highest BCUT2D eigenvalue weighted by molar-refractivity contribution is 5.98. The second-order valence-corrected chi connectivity index (χ2v) is 5.07. The first kappa shape index (κ1) is 12.2. The number of hydrogen-bond acceptors (Lipinski definition) is 3. The fourth-order valence-electron chi connectivity index (χ4n) is 2.88. The minimum atomic E-state index is 0.0698. The highest BCUT2D eigenvalue weighted by Crippen LogP contribution is 2.34. The van der Waals surface area contributed by atoms with Gasteiger partial charge in [0.2, 0.25) is 5.88 Å². The van der Waals surface area contributed by atoms with E-state index in [2.05, 4.69) is 4.98 Å². The number of aromatic nitrogens is 1. The number of carbonyl (C=O) groups is 1. The number of fused-ring (bicyclic) bond motifs is 3. The van der Waals surface area contributed by atoms with Crippen LogP contribution in [-0.4, -0.2) is 17.9 Å². The molecule has 0 spiro atoms. The van der Waals surface area contributed by atoms with Gasteiger partial charge in [0, 0.05) is 16.5 Å². The van der Waals surface area contributed by atoms with Crippen molar-refractivity contribution in [3.8, 4) is 5.88 Å². The number of methoxy groups -OCH3 is 1. The lowest BCUT2D eigenvalue weighted by atomic mass is 9.89. The van der Waals surface area contributed by atoms with E-state index in [1.54, 1.807) is 14.0 Å². The number of ether oxygens (including phenoxy) is 1. The number of carbonyl (C=O) groups excluding carboxylic acids is 1.